The second-order valence-electron chi connectivity index (χ2n) is 7.69. The Kier molecular flexibility index (Phi) is 8.76. The highest BCUT2D eigenvalue weighted by Crippen LogP contribution is 2.23. The van der Waals surface area contributed by atoms with Gasteiger partial charge in [0.2, 0.25) is 0 Å². The summed E-state index contributed by atoms with van der Waals surface area (Å²) in [6.45, 7) is 11.1. The Morgan fingerprint density at radius 3 is 2.65 bits per heavy atom. The standard InChI is InChI=1S/C18H36N2O2S/c1-7-15(13-23-6)19-14(2)12-16-10-8-9-11-20(16)17(21)22-18(3,4)5/h14-16,19H,7-13H2,1-6H3. The van der Waals surface area contributed by atoms with Crippen molar-refractivity contribution in [2.75, 3.05) is 18.6 Å². The number of piperidine rings is 1. The van der Waals surface area contributed by atoms with Crippen LogP contribution in [0.3, 0.4) is 0 Å². The largest absolute Gasteiger partial charge is 0.444 e. The van der Waals surface area contributed by atoms with Gasteiger partial charge >= 0.3 is 6.09 Å². The van der Waals surface area contributed by atoms with Crippen LogP contribution in [0.2, 0.25) is 0 Å². The molecule has 5 heteroatoms. The molecule has 0 aromatic rings. The predicted octanol–water partition coefficient (Wildman–Crippen LogP) is 4.29. The van der Waals surface area contributed by atoms with Gasteiger partial charge in [0.1, 0.15) is 5.60 Å². The molecule has 0 aromatic carbocycles. The Labute approximate surface area is 147 Å². The Balaban J connectivity index is 2.58. The summed E-state index contributed by atoms with van der Waals surface area (Å²) in [5.41, 5.74) is -0.422. The number of nitrogens with one attached hydrogen (secondary N) is 1. The molecule has 1 heterocycles. The fourth-order valence-electron chi connectivity index (χ4n) is 3.17. The zero-order valence-corrected chi connectivity index (χ0v) is 16.7. The highest BCUT2D eigenvalue weighted by atomic mass is 32.2. The van der Waals surface area contributed by atoms with Gasteiger partial charge in [-0.15, -0.1) is 0 Å². The quantitative estimate of drug-likeness (QED) is 0.748. The van der Waals surface area contributed by atoms with E-state index < -0.39 is 5.60 Å². The Hall–Kier alpha value is -0.420. The molecule has 0 radical (unpaired) electrons. The molecule has 4 nitrogen and oxygen atoms in total. The molecule has 1 aliphatic heterocycles. The second-order valence-corrected chi connectivity index (χ2v) is 8.60. The average molecular weight is 345 g/mol. The van der Waals surface area contributed by atoms with Crippen LogP contribution in [0.1, 0.15) is 66.7 Å². The maximum atomic E-state index is 12.5. The number of rotatable bonds is 7. The molecule has 1 aliphatic rings. The fraction of sp³-hybridized carbons (Fsp3) is 0.944. The lowest BCUT2D eigenvalue weighted by Crippen LogP contribution is -2.49. The van der Waals surface area contributed by atoms with Crippen LogP contribution in [0.25, 0.3) is 0 Å². The molecule has 0 aliphatic carbocycles. The predicted molar refractivity (Wildman–Crippen MR) is 100 cm³/mol. The van der Waals surface area contributed by atoms with Crippen LogP contribution >= 0.6 is 11.8 Å². The molecule has 136 valence electrons. The first-order valence-electron chi connectivity index (χ1n) is 9.01. The first-order valence-corrected chi connectivity index (χ1v) is 10.4. The normalized spacial score (nSPS) is 21.8. The maximum Gasteiger partial charge on any atom is 0.410 e. The van der Waals surface area contributed by atoms with Gasteiger partial charge < -0.3 is 15.0 Å². The number of carbonyl (C=O) groups is 1. The highest BCUT2D eigenvalue weighted by molar-refractivity contribution is 7.98. The van der Waals surface area contributed by atoms with Crippen molar-refractivity contribution in [1.82, 2.24) is 10.2 Å². The van der Waals surface area contributed by atoms with E-state index in [1.165, 1.54) is 6.42 Å². The molecular formula is C18H36N2O2S. The zero-order chi connectivity index (χ0) is 17.5. The van der Waals surface area contributed by atoms with Crippen molar-refractivity contribution in [3.63, 3.8) is 0 Å². The van der Waals surface area contributed by atoms with Crippen molar-refractivity contribution in [1.29, 1.82) is 0 Å². The molecule has 1 N–H and O–H groups in total. The van der Waals surface area contributed by atoms with E-state index in [2.05, 4.69) is 25.4 Å². The Morgan fingerprint density at radius 1 is 1.39 bits per heavy atom. The smallest absolute Gasteiger partial charge is 0.410 e. The SMILES string of the molecule is CCC(CSC)NC(C)CC1CCCCN1C(=O)OC(C)(C)C. The van der Waals surface area contributed by atoms with Crippen LogP contribution < -0.4 is 5.32 Å². The van der Waals surface area contributed by atoms with Gasteiger partial charge in [-0.2, -0.15) is 11.8 Å². The third kappa shape index (κ3) is 7.79. The summed E-state index contributed by atoms with van der Waals surface area (Å²) in [5.74, 6) is 1.14. The third-order valence-corrected chi connectivity index (χ3v) is 5.00. The highest BCUT2D eigenvalue weighted by Gasteiger charge is 2.31. The lowest BCUT2D eigenvalue weighted by atomic mass is 9.96. The van der Waals surface area contributed by atoms with Gasteiger partial charge in [0, 0.05) is 30.4 Å². The summed E-state index contributed by atoms with van der Waals surface area (Å²) in [6.07, 6.45) is 7.53. The Bertz CT molecular complexity index is 357. The summed E-state index contributed by atoms with van der Waals surface area (Å²) < 4.78 is 5.59. The van der Waals surface area contributed by atoms with E-state index in [9.17, 15) is 4.79 Å². The summed E-state index contributed by atoms with van der Waals surface area (Å²) in [5, 5.41) is 3.72. The van der Waals surface area contributed by atoms with Gasteiger partial charge in [0.25, 0.3) is 0 Å². The fourth-order valence-corrected chi connectivity index (χ4v) is 3.90. The summed E-state index contributed by atoms with van der Waals surface area (Å²) in [6, 6.07) is 1.27. The topological polar surface area (TPSA) is 41.6 Å². The molecule has 1 amide bonds. The molecular weight excluding hydrogens is 308 g/mol. The second kappa shape index (κ2) is 9.77. The molecule has 0 saturated carbocycles. The number of ether oxygens (including phenoxy) is 1. The number of thioether (sulfide) groups is 1. The van der Waals surface area contributed by atoms with Crippen molar-refractivity contribution in [2.45, 2.75) is 90.4 Å². The lowest BCUT2D eigenvalue weighted by molar-refractivity contribution is 0.00781. The number of nitrogens with zero attached hydrogens (tertiary/aromatic N) is 1. The lowest BCUT2D eigenvalue weighted by Gasteiger charge is -2.38. The number of amides is 1. The maximum absolute atomic E-state index is 12.5. The Morgan fingerprint density at radius 2 is 2.09 bits per heavy atom. The van der Waals surface area contributed by atoms with Gasteiger partial charge in [-0.05, 0) is 66.1 Å². The first kappa shape index (κ1) is 20.6. The van der Waals surface area contributed by atoms with Crippen LogP contribution in [0.4, 0.5) is 4.79 Å². The van der Waals surface area contributed by atoms with Crippen LogP contribution in [-0.4, -0.2) is 53.3 Å². The number of hydrogen-bond donors (Lipinski definition) is 1. The molecule has 0 spiro atoms. The molecule has 23 heavy (non-hydrogen) atoms. The molecule has 3 atom stereocenters. The van der Waals surface area contributed by atoms with Crippen LogP contribution in [0.5, 0.6) is 0 Å². The number of carbonyl (C=O) groups excluding carboxylic acids is 1. The van der Waals surface area contributed by atoms with Crippen LogP contribution in [0.15, 0.2) is 0 Å². The van der Waals surface area contributed by atoms with Gasteiger partial charge in [-0.3, -0.25) is 0 Å². The monoisotopic (exact) mass is 344 g/mol. The van der Waals surface area contributed by atoms with E-state index in [1.54, 1.807) is 0 Å². The van der Waals surface area contributed by atoms with E-state index in [1.807, 2.05) is 37.4 Å². The molecule has 1 rings (SSSR count). The van der Waals surface area contributed by atoms with Gasteiger partial charge in [0.15, 0.2) is 0 Å². The summed E-state index contributed by atoms with van der Waals surface area (Å²) in [7, 11) is 0. The van der Waals surface area contributed by atoms with E-state index in [-0.39, 0.29) is 6.09 Å². The van der Waals surface area contributed by atoms with Crippen molar-refractivity contribution in [2.24, 2.45) is 0 Å². The molecule has 1 saturated heterocycles. The van der Waals surface area contributed by atoms with E-state index >= 15 is 0 Å². The van der Waals surface area contributed by atoms with Crippen LogP contribution in [-0.2, 0) is 4.74 Å². The van der Waals surface area contributed by atoms with E-state index in [0.29, 0.717) is 18.1 Å². The average Bonchev–Trinajstić information content (AvgIpc) is 2.45. The molecule has 0 bridgehead atoms. The molecule has 1 fully saturated rings. The number of hydrogen-bond acceptors (Lipinski definition) is 4. The zero-order valence-electron chi connectivity index (χ0n) is 15.9. The number of likely N-dealkylation sites (tertiary alicyclic amines) is 1. The summed E-state index contributed by atoms with van der Waals surface area (Å²) >= 11 is 1.89. The van der Waals surface area contributed by atoms with Crippen molar-refractivity contribution >= 4 is 17.9 Å². The minimum absolute atomic E-state index is 0.148. The van der Waals surface area contributed by atoms with Gasteiger partial charge in [0.05, 0.1) is 0 Å². The van der Waals surface area contributed by atoms with Crippen molar-refractivity contribution < 1.29 is 9.53 Å². The van der Waals surface area contributed by atoms with Gasteiger partial charge in [-0.1, -0.05) is 6.92 Å². The minimum atomic E-state index is -0.422. The van der Waals surface area contributed by atoms with E-state index in [0.717, 1.165) is 38.0 Å². The molecule has 3 unspecified atom stereocenters. The molecule has 0 aromatic heterocycles. The third-order valence-electron chi connectivity index (χ3n) is 4.26. The van der Waals surface area contributed by atoms with Gasteiger partial charge in [-0.25, -0.2) is 4.79 Å². The van der Waals surface area contributed by atoms with Crippen LogP contribution in [0, 0.1) is 0 Å². The summed E-state index contributed by atoms with van der Waals surface area (Å²) in [4.78, 5) is 14.4. The minimum Gasteiger partial charge on any atom is -0.444 e. The van der Waals surface area contributed by atoms with Crippen molar-refractivity contribution in [3.05, 3.63) is 0 Å². The van der Waals surface area contributed by atoms with E-state index in [4.69, 9.17) is 4.74 Å². The van der Waals surface area contributed by atoms with Crippen molar-refractivity contribution in [3.8, 4) is 0 Å². The first-order chi connectivity index (χ1) is 10.8.